The number of piperidine rings is 1. The van der Waals surface area contributed by atoms with Gasteiger partial charge < -0.3 is 14.4 Å². The molecule has 4 nitrogen and oxygen atoms in total. The van der Waals surface area contributed by atoms with Crippen LogP contribution in [0.3, 0.4) is 0 Å². The van der Waals surface area contributed by atoms with Gasteiger partial charge in [0.2, 0.25) is 5.91 Å². The monoisotopic (exact) mass is 313 g/mol. The molecule has 21 heavy (non-hydrogen) atoms. The van der Waals surface area contributed by atoms with Crippen LogP contribution < -0.4 is 0 Å². The van der Waals surface area contributed by atoms with Crippen molar-refractivity contribution in [3.63, 3.8) is 0 Å². The summed E-state index contributed by atoms with van der Waals surface area (Å²) in [6, 6.07) is 0. The zero-order valence-corrected chi connectivity index (χ0v) is 13.8. The molecule has 0 radical (unpaired) electrons. The van der Waals surface area contributed by atoms with Crippen LogP contribution in [0.15, 0.2) is 0 Å². The molecule has 3 rings (SSSR count). The second-order valence-electron chi connectivity index (χ2n) is 6.80. The number of nitrogens with zero attached hydrogens (tertiary/aromatic N) is 1. The average molecular weight is 313 g/mol. The summed E-state index contributed by atoms with van der Waals surface area (Å²) in [4.78, 5) is 14.7. The van der Waals surface area contributed by atoms with Crippen molar-refractivity contribution in [1.29, 1.82) is 0 Å². The fraction of sp³-hybridized carbons (Fsp3) is 0.938. The summed E-state index contributed by atoms with van der Waals surface area (Å²) in [5.74, 6) is 3.01. The molecule has 3 saturated heterocycles. The van der Waals surface area contributed by atoms with E-state index in [0.717, 1.165) is 63.3 Å². The number of rotatable bonds is 3. The van der Waals surface area contributed by atoms with E-state index >= 15 is 0 Å². The van der Waals surface area contributed by atoms with Crippen molar-refractivity contribution in [1.82, 2.24) is 4.90 Å². The molecule has 0 aromatic heterocycles. The quantitative estimate of drug-likeness (QED) is 0.800. The predicted octanol–water partition coefficient (Wildman–Crippen LogP) is 2.17. The van der Waals surface area contributed by atoms with Crippen molar-refractivity contribution in [2.45, 2.75) is 38.2 Å². The van der Waals surface area contributed by atoms with Gasteiger partial charge in [0.05, 0.1) is 19.3 Å². The maximum atomic E-state index is 12.6. The van der Waals surface area contributed by atoms with Gasteiger partial charge in [0, 0.05) is 26.1 Å². The summed E-state index contributed by atoms with van der Waals surface area (Å²) >= 11 is 1.98. The number of hydrogen-bond acceptors (Lipinski definition) is 4. The molecule has 1 atom stereocenters. The fourth-order valence-electron chi connectivity index (χ4n) is 3.94. The number of methoxy groups -OCH3 is 1. The van der Waals surface area contributed by atoms with E-state index in [9.17, 15) is 4.79 Å². The van der Waals surface area contributed by atoms with E-state index < -0.39 is 0 Å². The molecule has 5 heteroatoms. The van der Waals surface area contributed by atoms with Crippen LogP contribution in [0.5, 0.6) is 0 Å². The molecule has 0 aromatic rings. The van der Waals surface area contributed by atoms with Gasteiger partial charge in [0.1, 0.15) is 0 Å². The largest absolute Gasteiger partial charge is 0.382 e. The molecule has 3 aliphatic heterocycles. The van der Waals surface area contributed by atoms with Crippen molar-refractivity contribution in [2.75, 3.05) is 44.9 Å². The molecule has 0 saturated carbocycles. The Morgan fingerprint density at radius 1 is 1.33 bits per heavy atom. The summed E-state index contributed by atoms with van der Waals surface area (Å²) in [7, 11) is 1.73. The van der Waals surface area contributed by atoms with Crippen molar-refractivity contribution < 1.29 is 14.3 Å². The van der Waals surface area contributed by atoms with E-state index in [4.69, 9.17) is 9.47 Å². The van der Waals surface area contributed by atoms with Crippen molar-refractivity contribution >= 4 is 17.7 Å². The highest BCUT2D eigenvalue weighted by atomic mass is 32.2. The zero-order chi connectivity index (χ0) is 14.7. The smallest absolute Gasteiger partial charge is 0.225 e. The third-order valence-electron chi connectivity index (χ3n) is 5.34. The van der Waals surface area contributed by atoms with Crippen LogP contribution in [0, 0.1) is 11.3 Å². The third-order valence-corrected chi connectivity index (χ3v) is 6.39. The van der Waals surface area contributed by atoms with Crippen molar-refractivity contribution in [2.24, 2.45) is 11.3 Å². The number of amides is 1. The first-order chi connectivity index (χ1) is 10.2. The molecule has 0 aliphatic carbocycles. The minimum absolute atomic E-state index is 0.257. The summed E-state index contributed by atoms with van der Waals surface area (Å²) in [5.41, 5.74) is 0.308. The van der Waals surface area contributed by atoms with Gasteiger partial charge in [-0.3, -0.25) is 4.79 Å². The van der Waals surface area contributed by atoms with E-state index in [1.54, 1.807) is 7.11 Å². The van der Waals surface area contributed by atoms with Gasteiger partial charge in [-0.2, -0.15) is 11.8 Å². The Morgan fingerprint density at radius 2 is 2.05 bits per heavy atom. The van der Waals surface area contributed by atoms with Crippen molar-refractivity contribution in [3.05, 3.63) is 0 Å². The Labute approximate surface area is 131 Å². The van der Waals surface area contributed by atoms with Crippen LogP contribution in [0.25, 0.3) is 0 Å². The Bertz CT molecular complexity index is 363. The first-order valence-electron chi connectivity index (χ1n) is 8.19. The van der Waals surface area contributed by atoms with Crippen LogP contribution in [0.2, 0.25) is 0 Å². The number of carbonyl (C=O) groups is 1. The van der Waals surface area contributed by atoms with Gasteiger partial charge in [-0.25, -0.2) is 0 Å². The zero-order valence-electron chi connectivity index (χ0n) is 13.0. The van der Waals surface area contributed by atoms with E-state index in [1.807, 2.05) is 11.8 Å². The topological polar surface area (TPSA) is 38.8 Å². The first-order valence-corrected chi connectivity index (χ1v) is 9.35. The average Bonchev–Trinajstić information content (AvgIpc) is 2.91. The number of hydrogen-bond donors (Lipinski definition) is 0. The standard InChI is InChI=1S/C16H27NO3S/c1-19-11-14-10-16(12-20-14)4-6-17(7-5-16)15(18)13-2-8-21-9-3-13/h13-14H,2-12H2,1H3/t14-/m1/s1. The molecule has 1 spiro atoms. The second-order valence-corrected chi connectivity index (χ2v) is 8.03. The predicted molar refractivity (Wildman–Crippen MR) is 84.5 cm³/mol. The van der Waals surface area contributed by atoms with Gasteiger partial charge in [-0.05, 0) is 49.0 Å². The molecule has 0 N–H and O–H groups in total. The van der Waals surface area contributed by atoms with Crippen molar-refractivity contribution in [3.8, 4) is 0 Å². The highest BCUT2D eigenvalue weighted by molar-refractivity contribution is 7.99. The van der Waals surface area contributed by atoms with Gasteiger partial charge in [0.25, 0.3) is 0 Å². The summed E-state index contributed by atoms with van der Waals surface area (Å²) in [6.07, 6.45) is 5.70. The lowest BCUT2D eigenvalue weighted by Gasteiger charge is -2.40. The summed E-state index contributed by atoms with van der Waals surface area (Å²) < 4.78 is 11.1. The lowest BCUT2D eigenvalue weighted by atomic mass is 9.76. The first kappa shape index (κ1) is 15.6. The SMILES string of the molecule is COC[C@H]1CC2(CCN(C(=O)C3CCSCC3)CC2)CO1. The molecular formula is C16H27NO3S. The highest BCUT2D eigenvalue weighted by Crippen LogP contribution is 2.42. The molecule has 3 fully saturated rings. The van der Waals surface area contributed by atoms with Gasteiger partial charge in [0.15, 0.2) is 0 Å². The molecular weight excluding hydrogens is 286 g/mol. The Morgan fingerprint density at radius 3 is 2.71 bits per heavy atom. The molecule has 120 valence electrons. The summed E-state index contributed by atoms with van der Waals surface area (Å²) in [6.45, 7) is 3.39. The Hall–Kier alpha value is -0.260. The molecule has 1 amide bonds. The molecule has 3 heterocycles. The van der Waals surface area contributed by atoms with Gasteiger partial charge >= 0.3 is 0 Å². The number of thioether (sulfide) groups is 1. The molecule has 0 bridgehead atoms. The normalized spacial score (nSPS) is 30.0. The maximum Gasteiger partial charge on any atom is 0.225 e. The van der Waals surface area contributed by atoms with Crippen LogP contribution >= 0.6 is 11.8 Å². The van der Waals surface area contributed by atoms with E-state index in [0.29, 0.717) is 23.8 Å². The van der Waals surface area contributed by atoms with Crippen LogP contribution in [-0.4, -0.2) is 61.8 Å². The summed E-state index contributed by atoms with van der Waals surface area (Å²) in [5, 5.41) is 0. The van der Waals surface area contributed by atoms with E-state index in [-0.39, 0.29) is 6.10 Å². The molecule has 3 aliphatic rings. The van der Waals surface area contributed by atoms with Crippen LogP contribution in [0.4, 0.5) is 0 Å². The Kier molecular flexibility index (Phi) is 5.12. The van der Waals surface area contributed by atoms with E-state index in [1.165, 1.54) is 0 Å². The molecule has 0 unspecified atom stereocenters. The van der Waals surface area contributed by atoms with Gasteiger partial charge in [-0.15, -0.1) is 0 Å². The van der Waals surface area contributed by atoms with Gasteiger partial charge in [-0.1, -0.05) is 0 Å². The number of carbonyl (C=O) groups excluding carboxylic acids is 1. The van der Waals surface area contributed by atoms with Crippen LogP contribution in [0.1, 0.15) is 32.1 Å². The Balaban J connectivity index is 1.49. The number of likely N-dealkylation sites (tertiary alicyclic amines) is 1. The lowest BCUT2D eigenvalue weighted by Crippen LogP contribution is -2.46. The fourth-order valence-corrected chi connectivity index (χ4v) is 5.05. The maximum absolute atomic E-state index is 12.6. The minimum atomic E-state index is 0.257. The third kappa shape index (κ3) is 3.57. The van der Waals surface area contributed by atoms with E-state index in [2.05, 4.69) is 4.90 Å². The second kappa shape index (κ2) is 6.88. The highest BCUT2D eigenvalue weighted by Gasteiger charge is 2.43. The molecule has 0 aromatic carbocycles. The van der Waals surface area contributed by atoms with Crippen LogP contribution in [-0.2, 0) is 14.3 Å². The number of ether oxygens (including phenoxy) is 2. The lowest BCUT2D eigenvalue weighted by molar-refractivity contribution is -0.138. The minimum Gasteiger partial charge on any atom is -0.382 e.